The Morgan fingerprint density at radius 3 is 2.23 bits per heavy atom. The Labute approximate surface area is 287 Å². The van der Waals surface area contributed by atoms with Gasteiger partial charge in [-0.1, -0.05) is 90.3 Å². The number of sulfonamides is 1. The SMILES string of the molecule is CC[C@H](C)NC(=O)[C@@H](Cc1ccccc1)N(Cc1cccc(OC)c1)C(=O)CN(c1cc(Cl)ccc1Cl)S(=O)(=O)c1ccc(C)cc1. The molecule has 0 heterocycles. The molecular weight excluding hydrogens is 657 g/mol. The Hall–Kier alpha value is -4.05. The van der Waals surface area contributed by atoms with Crippen molar-refractivity contribution in [3.63, 3.8) is 0 Å². The van der Waals surface area contributed by atoms with Crippen LogP contribution in [0.25, 0.3) is 0 Å². The molecule has 8 nitrogen and oxygen atoms in total. The van der Waals surface area contributed by atoms with Crippen LogP contribution in [0.5, 0.6) is 5.75 Å². The number of methoxy groups -OCH3 is 1. The lowest BCUT2D eigenvalue weighted by molar-refractivity contribution is -0.140. The fraction of sp³-hybridized carbons (Fsp3) is 0.278. The number of halogens is 2. The number of carbonyl (C=O) groups excluding carboxylic acids is 2. The van der Waals surface area contributed by atoms with E-state index < -0.39 is 28.5 Å². The minimum absolute atomic E-state index is 0.00313. The molecule has 47 heavy (non-hydrogen) atoms. The monoisotopic (exact) mass is 695 g/mol. The van der Waals surface area contributed by atoms with Crippen LogP contribution in [0.15, 0.2) is 102 Å². The van der Waals surface area contributed by atoms with Crippen LogP contribution >= 0.6 is 23.2 Å². The van der Waals surface area contributed by atoms with Gasteiger partial charge in [-0.3, -0.25) is 13.9 Å². The third-order valence-electron chi connectivity index (χ3n) is 7.82. The van der Waals surface area contributed by atoms with E-state index in [1.165, 1.54) is 35.2 Å². The van der Waals surface area contributed by atoms with E-state index in [0.29, 0.717) is 17.7 Å². The number of anilines is 1. The highest BCUT2D eigenvalue weighted by molar-refractivity contribution is 7.92. The van der Waals surface area contributed by atoms with Gasteiger partial charge in [0.05, 0.1) is 22.7 Å². The van der Waals surface area contributed by atoms with Crippen LogP contribution in [-0.2, 0) is 32.6 Å². The maximum atomic E-state index is 14.6. The van der Waals surface area contributed by atoms with E-state index in [0.717, 1.165) is 15.4 Å². The van der Waals surface area contributed by atoms with Crippen LogP contribution in [0.4, 0.5) is 5.69 Å². The fourth-order valence-electron chi connectivity index (χ4n) is 4.99. The molecule has 4 aromatic rings. The average molecular weight is 697 g/mol. The van der Waals surface area contributed by atoms with Crippen molar-refractivity contribution < 1.29 is 22.7 Å². The lowest BCUT2D eigenvalue weighted by Crippen LogP contribution is -2.54. The molecule has 1 N–H and O–H groups in total. The van der Waals surface area contributed by atoms with Crippen molar-refractivity contribution in [2.45, 2.75) is 57.1 Å². The van der Waals surface area contributed by atoms with Gasteiger partial charge in [-0.05, 0) is 73.9 Å². The van der Waals surface area contributed by atoms with E-state index in [1.807, 2.05) is 57.2 Å². The predicted molar refractivity (Wildman–Crippen MR) is 188 cm³/mol. The normalized spacial score (nSPS) is 12.6. The van der Waals surface area contributed by atoms with Gasteiger partial charge in [-0.25, -0.2) is 8.42 Å². The summed E-state index contributed by atoms with van der Waals surface area (Å²) in [7, 11) is -2.78. The van der Waals surface area contributed by atoms with Crippen molar-refractivity contribution in [2.75, 3.05) is 18.0 Å². The number of benzene rings is 4. The van der Waals surface area contributed by atoms with Crippen molar-refractivity contribution in [3.05, 3.63) is 124 Å². The maximum absolute atomic E-state index is 14.6. The Kier molecular flexibility index (Phi) is 12.3. The summed E-state index contributed by atoms with van der Waals surface area (Å²) in [6.07, 6.45) is 0.880. The number of hydrogen-bond acceptors (Lipinski definition) is 5. The predicted octanol–water partition coefficient (Wildman–Crippen LogP) is 7.06. The van der Waals surface area contributed by atoms with E-state index >= 15 is 0 Å². The molecule has 0 bridgehead atoms. The first-order valence-electron chi connectivity index (χ1n) is 15.2. The van der Waals surface area contributed by atoms with Crippen molar-refractivity contribution in [3.8, 4) is 5.75 Å². The lowest BCUT2D eigenvalue weighted by atomic mass is 10.0. The number of aryl methyl sites for hydroxylation is 1. The molecule has 4 rings (SSSR count). The highest BCUT2D eigenvalue weighted by Gasteiger charge is 2.35. The fourth-order valence-corrected chi connectivity index (χ4v) is 6.85. The molecule has 0 saturated carbocycles. The molecule has 0 aliphatic heterocycles. The van der Waals surface area contributed by atoms with Gasteiger partial charge in [0, 0.05) is 24.0 Å². The highest BCUT2D eigenvalue weighted by Crippen LogP contribution is 2.33. The molecule has 11 heteroatoms. The molecule has 0 spiro atoms. The zero-order chi connectivity index (χ0) is 34.1. The average Bonchev–Trinajstić information content (AvgIpc) is 3.06. The van der Waals surface area contributed by atoms with E-state index in [-0.39, 0.29) is 45.5 Å². The number of rotatable bonds is 14. The first-order valence-corrected chi connectivity index (χ1v) is 17.4. The Morgan fingerprint density at radius 1 is 0.894 bits per heavy atom. The second-order valence-electron chi connectivity index (χ2n) is 11.3. The molecule has 0 unspecified atom stereocenters. The molecule has 0 aromatic heterocycles. The van der Waals surface area contributed by atoms with Crippen LogP contribution < -0.4 is 14.4 Å². The minimum atomic E-state index is -4.33. The van der Waals surface area contributed by atoms with Crippen LogP contribution in [0.2, 0.25) is 10.0 Å². The van der Waals surface area contributed by atoms with E-state index in [4.69, 9.17) is 27.9 Å². The topological polar surface area (TPSA) is 96.0 Å². The van der Waals surface area contributed by atoms with Crippen LogP contribution in [0.1, 0.15) is 37.0 Å². The number of amides is 2. The molecule has 2 amide bonds. The first-order chi connectivity index (χ1) is 22.4. The third-order valence-corrected chi connectivity index (χ3v) is 10.2. The Balaban J connectivity index is 1.85. The third kappa shape index (κ3) is 9.28. The van der Waals surface area contributed by atoms with Gasteiger partial charge in [-0.2, -0.15) is 0 Å². The van der Waals surface area contributed by atoms with Crippen molar-refractivity contribution in [1.82, 2.24) is 10.2 Å². The first kappa shape index (κ1) is 35.8. The summed E-state index contributed by atoms with van der Waals surface area (Å²) >= 11 is 12.9. The number of ether oxygens (including phenoxy) is 1. The summed E-state index contributed by atoms with van der Waals surface area (Å²) in [5.41, 5.74) is 2.44. The number of carbonyl (C=O) groups is 2. The Morgan fingerprint density at radius 2 is 1.57 bits per heavy atom. The van der Waals surface area contributed by atoms with Gasteiger partial charge in [0.2, 0.25) is 11.8 Å². The molecule has 0 radical (unpaired) electrons. The molecule has 0 aliphatic rings. The second-order valence-corrected chi connectivity index (χ2v) is 14.0. The van der Waals surface area contributed by atoms with Gasteiger partial charge < -0.3 is 15.0 Å². The van der Waals surface area contributed by atoms with E-state index in [2.05, 4.69) is 5.32 Å². The molecule has 0 saturated heterocycles. The molecule has 248 valence electrons. The summed E-state index contributed by atoms with van der Waals surface area (Å²) in [5.74, 6) is -0.388. The molecular formula is C36H39Cl2N3O5S. The summed E-state index contributed by atoms with van der Waals surface area (Å²) in [5, 5.41) is 3.36. The summed E-state index contributed by atoms with van der Waals surface area (Å²) < 4.78 is 34.9. The summed E-state index contributed by atoms with van der Waals surface area (Å²) in [6, 6.07) is 26.2. The van der Waals surface area contributed by atoms with Crippen LogP contribution in [-0.4, -0.2) is 50.9 Å². The summed E-state index contributed by atoms with van der Waals surface area (Å²) in [4.78, 5) is 30.0. The van der Waals surface area contributed by atoms with Crippen molar-refractivity contribution in [1.29, 1.82) is 0 Å². The number of nitrogens with zero attached hydrogens (tertiary/aromatic N) is 2. The van der Waals surface area contributed by atoms with Crippen LogP contribution in [0, 0.1) is 6.92 Å². The van der Waals surface area contributed by atoms with E-state index in [1.54, 1.807) is 37.4 Å². The van der Waals surface area contributed by atoms with Gasteiger partial charge >= 0.3 is 0 Å². The van der Waals surface area contributed by atoms with Gasteiger partial charge in [0.15, 0.2) is 0 Å². The van der Waals surface area contributed by atoms with Crippen LogP contribution in [0.3, 0.4) is 0 Å². The lowest BCUT2D eigenvalue weighted by Gasteiger charge is -2.34. The largest absolute Gasteiger partial charge is 0.497 e. The standard InChI is InChI=1S/C36H39Cl2N3O5S/c1-5-26(3)39-36(43)34(21-27-10-7-6-8-11-27)40(23-28-12-9-13-30(20-28)46-4)35(42)24-41(33-22-29(37)16-19-32(33)38)47(44,45)31-17-14-25(2)15-18-31/h6-20,22,26,34H,5,21,23-24H2,1-4H3,(H,39,43)/t26-,34+/m0/s1. The highest BCUT2D eigenvalue weighted by atomic mass is 35.5. The quantitative estimate of drug-likeness (QED) is 0.152. The van der Waals surface area contributed by atoms with Crippen molar-refractivity contribution >= 4 is 50.7 Å². The van der Waals surface area contributed by atoms with Crippen molar-refractivity contribution in [2.24, 2.45) is 0 Å². The van der Waals surface area contributed by atoms with Gasteiger partial charge in [0.1, 0.15) is 18.3 Å². The molecule has 4 aromatic carbocycles. The van der Waals surface area contributed by atoms with Gasteiger partial charge in [0.25, 0.3) is 10.0 Å². The maximum Gasteiger partial charge on any atom is 0.264 e. The van der Waals surface area contributed by atoms with Gasteiger partial charge in [-0.15, -0.1) is 0 Å². The summed E-state index contributed by atoms with van der Waals surface area (Å²) in [6.45, 7) is 5.05. The number of nitrogens with one attached hydrogen (secondary N) is 1. The zero-order valence-electron chi connectivity index (χ0n) is 26.8. The molecule has 2 atom stereocenters. The molecule has 0 aliphatic carbocycles. The Bertz CT molecular complexity index is 1790. The van der Waals surface area contributed by atoms with E-state index in [9.17, 15) is 18.0 Å². The zero-order valence-corrected chi connectivity index (χ0v) is 29.1. The number of hydrogen-bond donors (Lipinski definition) is 1. The molecule has 0 fully saturated rings. The second kappa shape index (κ2) is 16.2. The smallest absolute Gasteiger partial charge is 0.264 e. The minimum Gasteiger partial charge on any atom is -0.497 e.